The van der Waals surface area contributed by atoms with Gasteiger partial charge in [-0.2, -0.15) is 0 Å². The van der Waals surface area contributed by atoms with Crippen LogP contribution < -0.4 is 10.2 Å². The molecule has 3 fully saturated rings. The number of carbonyl (C=O) groups is 3. The molecule has 3 aliphatic rings. The van der Waals surface area contributed by atoms with Crippen molar-refractivity contribution in [3.63, 3.8) is 0 Å². The Morgan fingerprint density at radius 2 is 1.77 bits per heavy atom. The van der Waals surface area contributed by atoms with E-state index in [1.807, 2.05) is 18.2 Å². The summed E-state index contributed by atoms with van der Waals surface area (Å²) in [7, 11) is 0. The molecule has 0 unspecified atom stereocenters. The lowest BCUT2D eigenvalue weighted by Crippen LogP contribution is -2.50. The molecule has 1 aliphatic carbocycles. The second-order valence-corrected chi connectivity index (χ2v) is 9.23. The zero-order valence-electron chi connectivity index (χ0n) is 17.9. The van der Waals surface area contributed by atoms with Crippen LogP contribution in [-0.2, 0) is 14.4 Å². The van der Waals surface area contributed by atoms with Crippen molar-refractivity contribution in [2.24, 2.45) is 5.92 Å². The van der Waals surface area contributed by atoms with E-state index in [9.17, 15) is 14.4 Å². The van der Waals surface area contributed by atoms with Gasteiger partial charge in [-0.3, -0.25) is 24.2 Å². The topological polar surface area (TPSA) is 73.0 Å². The van der Waals surface area contributed by atoms with Crippen molar-refractivity contribution in [1.29, 1.82) is 0 Å². The molecule has 0 spiro atoms. The largest absolute Gasteiger partial charge is 0.369 e. The van der Waals surface area contributed by atoms with Crippen LogP contribution in [0.5, 0.6) is 0 Å². The SMILES string of the molecule is O=C(N[C@H]1CC(=O)N(CCN2CCN(c3cccc(Cl)c3)CC2)C1=O)C1CCCCC1. The maximum absolute atomic E-state index is 12.7. The summed E-state index contributed by atoms with van der Waals surface area (Å²) in [5, 5.41) is 3.58. The maximum Gasteiger partial charge on any atom is 0.252 e. The fourth-order valence-corrected chi connectivity index (χ4v) is 5.01. The van der Waals surface area contributed by atoms with E-state index in [1.54, 1.807) is 0 Å². The third kappa shape index (κ3) is 5.39. The van der Waals surface area contributed by atoms with Crippen LogP contribution in [0, 0.1) is 5.92 Å². The predicted molar refractivity (Wildman–Crippen MR) is 120 cm³/mol. The molecule has 1 aromatic carbocycles. The lowest BCUT2D eigenvalue weighted by molar-refractivity contribution is -0.140. The summed E-state index contributed by atoms with van der Waals surface area (Å²) in [6.45, 7) is 4.52. The van der Waals surface area contributed by atoms with E-state index in [2.05, 4.69) is 21.2 Å². The van der Waals surface area contributed by atoms with Crippen LogP contribution in [0.1, 0.15) is 38.5 Å². The van der Waals surface area contributed by atoms with Crippen LogP contribution in [0.3, 0.4) is 0 Å². The highest BCUT2D eigenvalue weighted by atomic mass is 35.5. The van der Waals surface area contributed by atoms with Gasteiger partial charge < -0.3 is 10.2 Å². The molecular formula is C23H31ClN4O3. The molecule has 1 atom stereocenters. The normalized spacial score (nSPS) is 23.5. The molecule has 8 heteroatoms. The molecule has 4 rings (SSSR count). The van der Waals surface area contributed by atoms with Gasteiger partial charge in [-0.05, 0) is 31.0 Å². The van der Waals surface area contributed by atoms with Crippen LogP contribution in [0.2, 0.25) is 5.02 Å². The molecule has 0 aromatic heterocycles. The van der Waals surface area contributed by atoms with Crippen LogP contribution in [0.4, 0.5) is 5.69 Å². The number of hydrogen-bond donors (Lipinski definition) is 1. The number of amides is 3. The number of piperazine rings is 1. The summed E-state index contributed by atoms with van der Waals surface area (Å²) < 4.78 is 0. The predicted octanol–water partition coefficient (Wildman–Crippen LogP) is 2.29. The number of likely N-dealkylation sites (tertiary alicyclic amines) is 1. The van der Waals surface area contributed by atoms with Crippen molar-refractivity contribution in [2.75, 3.05) is 44.2 Å². The Morgan fingerprint density at radius 3 is 2.48 bits per heavy atom. The van der Waals surface area contributed by atoms with Gasteiger partial charge >= 0.3 is 0 Å². The smallest absolute Gasteiger partial charge is 0.252 e. The van der Waals surface area contributed by atoms with E-state index in [1.165, 1.54) is 11.3 Å². The molecule has 2 aliphatic heterocycles. The molecule has 168 valence electrons. The fraction of sp³-hybridized carbons (Fsp3) is 0.609. The second kappa shape index (κ2) is 10.0. The Balaban J connectivity index is 1.23. The Labute approximate surface area is 188 Å². The molecule has 1 saturated carbocycles. The molecule has 0 bridgehead atoms. The van der Waals surface area contributed by atoms with Crippen molar-refractivity contribution < 1.29 is 14.4 Å². The number of benzene rings is 1. The van der Waals surface area contributed by atoms with Crippen molar-refractivity contribution in [3.05, 3.63) is 29.3 Å². The first kappa shape index (κ1) is 22.1. The second-order valence-electron chi connectivity index (χ2n) is 8.79. The molecule has 7 nitrogen and oxygen atoms in total. The van der Waals surface area contributed by atoms with Crippen LogP contribution >= 0.6 is 11.6 Å². The van der Waals surface area contributed by atoms with Gasteiger partial charge in [0.05, 0.1) is 6.42 Å². The number of hydrogen-bond acceptors (Lipinski definition) is 5. The summed E-state index contributed by atoms with van der Waals surface area (Å²) in [4.78, 5) is 43.5. The van der Waals surface area contributed by atoms with Crippen molar-refractivity contribution in [2.45, 2.75) is 44.6 Å². The van der Waals surface area contributed by atoms with Crippen molar-refractivity contribution in [3.8, 4) is 0 Å². The van der Waals surface area contributed by atoms with Gasteiger partial charge in [-0.25, -0.2) is 0 Å². The number of imide groups is 1. The number of halogens is 1. The molecule has 0 radical (unpaired) electrons. The van der Waals surface area contributed by atoms with Crippen LogP contribution in [0.15, 0.2) is 24.3 Å². The van der Waals surface area contributed by atoms with E-state index < -0.39 is 6.04 Å². The quantitative estimate of drug-likeness (QED) is 0.679. The molecule has 1 N–H and O–H groups in total. The van der Waals surface area contributed by atoms with Crippen LogP contribution in [0.25, 0.3) is 0 Å². The Hall–Kier alpha value is -2.12. The number of nitrogens with zero attached hydrogens (tertiary/aromatic N) is 3. The fourth-order valence-electron chi connectivity index (χ4n) is 4.83. The summed E-state index contributed by atoms with van der Waals surface area (Å²) in [5.41, 5.74) is 1.12. The molecule has 31 heavy (non-hydrogen) atoms. The number of nitrogens with one attached hydrogen (secondary N) is 1. The zero-order valence-corrected chi connectivity index (χ0v) is 18.6. The van der Waals surface area contributed by atoms with E-state index in [0.717, 1.165) is 62.6 Å². The van der Waals surface area contributed by atoms with Gasteiger partial charge in [-0.15, -0.1) is 0 Å². The highest BCUT2D eigenvalue weighted by Gasteiger charge is 2.40. The molecule has 1 aromatic rings. The van der Waals surface area contributed by atoms with Gasteiger partial charge in [0, 0.05) is 55.9 Å². The molecule has 3 amide bonds. The highest BCUT2D eigenvalue weighted by Crippen LogP contribution is 2.25. The first-order valence-electron chi connectivity index (χ1n) is 11.4. The van der Waals surface area contributed by atoms with E-state index in [4.69, 9.17) is 11.6 Å². The standard InChI is InChI=1S/C23H31ClN4O3/c24-18-7-4-8-19(15-18)27-12-9-26(10-13-27)11-14-28-21(29)16-20(23(28)31)25-22(30)17-5-2-1-3-6-17/h4,7-8,15,17,20H,1-3,5-6,9-14,16H2,(H,25,30)/t20-/m0/s1. The number of carbonyl (C=O) groups excluding carboxylic acids is 3. The third-order valence-electron chi connectivity index (χ3n) is 6.72. The van der Waals surface area contributed by atoms with Crippen molar-refractivity contribution in [1.82, 2.24) is 15.1 Å². The minimum absolute atomic E-state index is 0.0125. The van der Waals surface area contributed by atoms with Crippen molar-refractivity contribution >= 4 is 35.0 Å². The lowest BCUT2D eigenvalue weighted by Gasteiger charge is -2.36. The van der Waals surface area contributed by atoms with Gasteiger partial charge in [-0.1, -0.05) is 36.9 Å². The Morgan fingerprint density at radius 1 is 1.03 bits per heavy atom. The summed E-state index contributed by atoms with van der Waals surface area (Å²) in [5.74, 6) is -0.519. The van der Waals surface area contributed by atoms with E-state index >= 15 is 0 Å². The number of anilines is 1. The molecule has 2 heterocycles. The van der Waals surface area contributed by atoms with Gasteiger partial charge in [0.25, 0.3) is 5.91 Å². The van der Waals surface area contributed by atoms with Gasteiger partial charge in [0.2, 0.25) is 11.8 Å². The Kier molecular flexibility index (Phi) is 7.13. The van der Waals surface area contributed by atoms with E-state index in [-0.39, 0.29) is 30.1 Å². The summed E-state index contributed by atoms with van der Waals surface area (Å²) >= 11 is 6.10. The minimum atomic E-state index is -0.693. The molecule has 2 saturated heterocycles. The first-order valence-corrected chi connectivity index (χ1v) is 11.8. The van der Waals surface area contributed by atoms with Crippen LogP contribution in [-0.4, -0.2) is 72.8 Å². The third-order valence-corrected chi connectivity index (χ3v) is 6.96. The number of rotatable bonds is 6. The highest BCUT2D eigenvalue weighted by molar-refractivity contribution is 6.30. The minimum Gasteiger partial charge on any atom is -0.369 e. The maximum atomic E-state index is 12.7. The van der Waals surface area contributed by atoms with Gasteiger partial charge in [0.15, 0.2) is 0 Å². The lowest BCUT2D eigenvalue weighted by atomic mass is 9.88. The molecular weight excluding hydrogens is 416 g/mol. The monoisotopic (exact) mass is 446 g/mol. The average Bonchev–Trinajstić information content (AvgIpc) is 3.05. The van der Waals surface area contributed by atoms with E-state index in [0.29, 0.717) is 13.1 Å². The zero-order chi connectivity index (χ0) is 21.8. The Bertz CT molecular complexity index is 819. The first-order chi connectivity index (χ1) is 15.0. The average molecular weight is 447 g/mol. The summed E-state index contributed by atoms with van der Waals surface area (Å²) in [6, 6.07) is 7.17. The van der Waals surface area contributed by atoms with Gasteiger partial charge in [0.1, 0.15) is 6.04 Å². The summed E-state index contributed by atoms with van der Waals surface area (Å²) in [6.07, 6.45) is 5.14.